The van der Waals surface area contributed by atoms with Gasteiger partial charge < -0.3 is 9.67 Å². The summed E-state index contributed by atoms with van der Waals surface area (Å²) in [6.45, 7) is 2.56. The number of hydrogen-bond donors (Lipinski definition) is 1. The first-order valence-corrected chi connectivity index (χ1v) is 9.06. The van der Waals surface area contributed by atoms with Crippen LogP contribution in [0.5, 0.6) is 0 Å². The van der Waals surface area contributed by atoms with E-state index in [-0.39, 0.29) is 24.3 Å². The Balaban J connectivity index is 1.60. The maximum atomic E-state index is 14.0. The molecule has 4 rings (SSSR count). The third kappa shape index (κ3) is 3.21. The van der Waals surface area contributed by atoms with Gasteiger partial charge in [-0.2, -0.15) is 0 Å². The van der Waals surface area contributed by atoms with Crippen molar-refractivity contribution in [2.45, 2.75) is 32.6 Å². The maximum absolute atomic E-state index is 14.0. The number of aryl methyl sites for hydroxylation is 1. The molecular weight excluding hydrogens is 376 g/mol. The highest BCUT2D eigenvalue weighted by Crippen LogP contribution is 2.29. The van der Waals surface area contributed by atoms with Gasteiger partial charge in [-0.15, -0.1) is 21.5 Å². The lowest BCUT2D eigenvalue weighted by atomic mass is 10.1. The second kappa shape index (κ2) is 6.78. The van der Waals surface area contributed by atoms with E-state index in [2.05, 4.69) is 15.2 Å². The fourth-order valence-corrected chi connectivity index (χ4v) is 3.98. The van der Waals surface area contributed by atoms with Crippen LogP contribution in [0.1, 0.15) is 16.7 Å². The molecule has 0 spiro atoms. The molecule has 1 aliphatic rings. The lowest BCUT2D eigenvalue weighted by molar-refractivity contribution is -0.145. The van der Waals surface area contributed by atoms with Crippen LogP contribution in [0.3, 0.4) is 0 Å². The van der Waals surface area contributed by atoms with Crippen LogP contribution in [0, 0.1) is 18.6 Å². The molecule has 10 heteroatoms. The first-order valence-electron chi connectivity index (χ1n) is 8.18. The second-order valence-corrected chi connectivity index (χ2v) is 7.20. The van der Waals surface area contributed by atoms with Crippen molar-refractivity contribution in [3.8, 4) is 11.3 Å². The summed E-state index contributed by atoms with van der Waals surface area (Å²) in [5, 5.41) is 19.8. The van der Waals surface area contributed by atoms with Gasteiger partial charge in [0.2, 0.25) is 0 Å². The minimum absolute atomic E-state index is 0.177. The van der Waals surface area contributed by atoms with Crippen molar-refractivity contribution in [2.75, 3.05) is 0 Å². The fourth-order valence-electron chi connectivity index (χ4n) is 3.17. The summed E-state index contributed by atoms with van der Waals surface area (Å²) < 4.78 is 29.7. The summed E-state index contributed by atoms with van der Waals surface area (Å²) in [5.74, 6) is -0.969. The predicted molar refractivity (Wildman–Crippen MR) is 92.9 cm³/mol. The Kier molecular flexibility index (Phi) is 4.44. The summed E-state index contributed by atoms with van der Waals surface area (Å²) >= 11 is 1.23. The molecule has 0 saturated carbocycles. The summed E-state index contributed by atoms with van der Waals surface area (Å²) in [7, 11) is 0. The normalized spacial score (nSPS) is 17.1. The number of rotatable bonds is 4. The lowest BCUT2D eigenvalue weighted by Gasteiger charge is -2.32. The second-order valence-electron chi connectivity index (χ2n) is 6.26. The zero-order valence-electron chi connectivity index (χ0n) is 14.3. The number of aromatic nitrogens is 4. The smallest absolute Gasteiger partial charge is 0.322 e. The van der Waals surface area contributed by atoms with Crippen molar-refractivity contribution >= 4 is 17.3 Å². The minimum atomic E-state index is -0.953. The number of carboxylic acid groups (broad SMARTS) is 1. The largest absolute Gasteiger partial charge is 0.480 e. The first kappa shape index (κ1) is 17.7. The third-order valence-corrected chi connectivity index (χ3v) is 5.38. The van der Waals surface area contributed by atoms with Gasteiger partial charge in [0.25, 0.3) is 0 Å². The van der Waals surface area contributed by atoms with E-state index >= 15 is 0 Å². The van der Waals surface area contributed by atoms with Crippen molar-refractivity contribution < 1.29 is 18.7 Å². The molecule has 3 aromatic rings. The molecule has 7 nitrogen and oxygen atoms in total. The molecule has 1 aromatic carbocycles. The van der Waals surface area contributed by atoms with Crippen LogP contribution >= 0.6 is 11.3 Å². The van der Waals surface area contributed by atoms with E-state index in [1.807, 2.05) is 0 Å². The Labute approximate surface area is 156 Å². The van der Waals surface area contributed by atoms with Crippen LogP contribution in [0.2, 0.25) is 0 Å². The zero-order valence-corrected chi connectivity index (χ0v) is 15.1. The molecule has 1 unspecified atom stereocenters. The molecule has 27 heavy (non-hydrogen) atoms. The van der Waals surface area contributed by atoms with E-state index in [0.29, 0.717) is 23.2 Å². The van der Waals surface area contributed by atoms with Crippen molar-refractivity contribution in [3.63, 3.8) is 0 Å². The molecule has 1 N–H and O–H groups in total. The van der Waals surface area contributed by atoms with E-state index in [9.17, 15) is 18.7 Å². The van der Waals surface area contributed by atoms with Gasteiger partial charge in [-0.1, -0.05) is 6.07 Å². The van der Waals surface area contributed by atoms with Crippen LogP contribution in [-0.2, 0) is 24.4 Å². The minimum Gasteiger partial charge on any atom is -0.480 e. The average Bonchev–Trinajstić information content (AvgIpc) is 3.21. The molecule has 1 atom stereocenters. The number of thiazole rings is 1. The van der Waals surface area contributed by atoms with Gasteiger partial charge in [0.15, 0.2) is 0 Å². The number of carbonyl (C=O) groups is 1. The number of fused-ring (bicyclic) bond motifs is 1. The van der Waals surface area contributed by atoms with E-state index < -0.39 is 23.6 Å². The Bertz CT molecular complexity index is 998. The number of benzene rings is 1. The van der Waals surface area contributed by atoms with Crippen molar-refractivity contribution in [1.82, 2.24) is 24.6 Å². The third-order valence-electron chi connectivity index (χ3n) is 4.55. The van der Waals surface area contributed by atoms with Gasteiger partial charge in [-0.05, 0) is 19.1 Å². The van der Waals surface area contributed by atoms with Gasteiger partial charge in [0.1, 0.15) is 34.3 Å². The first-order chi connectivity index (χ1) is 12.9. The van der Waals surface area contributed by atoms with Gasteiger partial charge in [-0.3, -0.25) is 9.69 Å². The van der Waals surface area contributed by atoms with E-state index in [0.717, 1.165) is 0 Å². The highest BCUT2D eigenvalue weighted by Gasteiger charge is 2.34. The highest BCUT2D eigenvalue weighted by atomic mass is 32.1. The monoisotopic (exact) mass is 391 g/mol. The molecule has 2 aromatic heterocycles. The fraction of sp³-hybridized carbons (Fsp3) is 0.294. The van der Waals surface area contributed by atoms with Gasteiger partial charge in [-0.25, -0.2) is 13.8 Å². The lowest BCUT2D eigenvalue weighted by Crippen LogP contribution is -2.47. The molecule has 0 bridgehead atoms. The van der Waals surface area contributed by atoms with E-state index in [1.54, 1.807) is 21.8 Å². The number of carboxylic acids is 1. The molecule has 3 heterocycles. The molecule has 140 valence electrons. The summed E-state index contributed by atoms with van der Waals surface area (Å²) in [6.07, 6.45) is 0. The van der Waals surface area contributed by atoms with E-state index in [4.69, 9.17) is 0 Å². The molecule has 1 aliphatic heterocycles. The topological polar surface area (TPSA) is 84.1 Å². The quantitative estimate of drug-likeness (QED) is 0.736. The molecule has 0 amide bonds. The van der Waals surface area contributed by atoms with Crippen LogP contribution < -0.4 is 0 Å². The Morgan fingerprint density at radius 3 is 2.78 bits per heavy atom. The van der Waals surface area contributed by atoms with Gasteiger partial charge in [0, 0.05) is 5.38 Å². The SMILES string of the molecule is Cc1nnc2n1CC(C(=O)O)N(Cc1nc(-c3c(F)cccc3F)cs1)C2. The van der Waals surface area contributed by atoms with Crippen molar-refractivity contribution in [2.24, 2.45) is 0 Å². The average molecular weight is 391 g/mol. The number of halogens is 2. The molecule has 0 radical (unpaired) electrons. The van der Waals surface area contributed by atoms with E-state index in [1.165, 1.54) is 29.5 Å². The maximum Gasteiger partial charge on any atom is 0.322 e. The van der Waals surface area contributed by atoms with Crippen LogP contribution in [0.15, 0.2) is 23.6 Å². The zero-order chi connectivity index (χ0) is 19.1. The van der Waals surface area contributed by atoms with Crippen molar-refractivity contribution in [3.05, 3.63) is 51.9 Å². The van der Waals surface area contributed by atoms with Crippen molar-refractivity contribution in [1.29, 1.82) is 0 Å². The predicted octanol–water partition coefficient (Wildman–Crippen LogP) is 2.46. The Morgan fingerprint density at radius 2 is 2.07 bits per heavy atom. The standard InChI is InChI=1S/C17H15F2N5O2S/c1-9-21-22-14-6-23(13(17(25)26)5-24(9)14)7-15-20-12(8-27-15)16-10(18)3-2-4-11(16)19/h2-4,8,13H,5-7H2,1H3,(H,25,26). The molecular formula is C17H15F2N5O2S. The molecule has 0 saturated heterocycles. The molecule has 0 fully saturated rings. The van der Waals surface area contributed by atoms with Crippen LogP contribution in [0.25, 0.3) is 11.3 Å². The van der Waals surface area contributed by atoms with Gasteiger partial charge in [0.05, 0.1) is 30.9 Å². The van der Waals surface area contributed by atoms with Crippen LogP contribution in [0.4, 0.5) is 8.78 Å². The van der Waals surface area contributed by atoms with Crippen LogP contribution in [-0.4, -0.2) is 41.8 Å². The summed E-state index contributed by atoms with van der Waals surface area (Å²) in [6, 6.07) is 2.89. The Hall–Kier alpha value is -2.72. The number of aliphatic carboxylic acids is 1. The Morgan fingerprint density at radius 1 is 1.33 bits per heavy atom. The summed E-state index contributed by atoms with van der Waals surface area (Å²) in [4.78, 5) is 17.7. The highest BCUT2D eigenvalue weighted by molar-refractivity contribution is 7.09. The molecule has 0 aliphatic carbocycles. The summed E-state index contributed by atoms with van der Waals surface area (Å²) in [5.41, 5.74) is 0.0253. The van der Waals surface area contributed by atoms with Gasteiger partial charge >= 0.3 is 5.97 Å². The number of nitrogens with zero attached hydrogens (tertiary/aromatic N) is 5. The number of hydrogen-bond acceptors (Lipinski definition) is 6.